The SMILES string of the molecule is C=CCC(NC(=O)Nc1ccc2cc[nH]c2c1)c1ccc2c(c1)N(Cc1ccccc1)CCS2. The monoisotopic (exact) mass is 468 g/mol. The number of aromatic nitrogens is 1. The van der Waals surface area contributed by atoms with Crippen LogP contribution in [0.5, 0.6) is 0 Å². The van der Waals surface area contributed by atoms with Crippen LogP contribution in [0.4, 0.5) is 16.2 Å². The number of urea groups is 1. The van der Waals surface area contributed by atoms with Crippen LogP contribution in [-0.2, 0) is 6.54 Å². The van der Waals surface area contributed by atoms with Crippen LogP contribution in [-0.4, -0.2) is 23.3 Å². The molecule has 2 heterocycles. The zero-order chi connectivity index (χ0) is 23.3. The standard InChI is InChI=1S/C28H28N4OS/c1-2-6-24(31-28(33)30-23-11-9-21-13-14-29-25(21)18-23)22-10-12-27-26(17-22)32(15-16-34-27)19-20-7-4-3-5-8-20/h2-5,7-14,17-18,24,29H,1,6,15-16,19H2,(H2,30,31,33). The van der Waals surface area contributed by atoms with Gasteiger partial charge in [0.2, 0.25) is 0 Å². The maximum absolute atomic E-state index is 12.9. The minimum Gasteiger partial charge on any atom is -0.365 e. The number of aromatic amines is 1. The van der Waals surface area contributed by atoms with E-state index in [0.717, 1.165) is 41.0 Å². The topological polar surface area (TPSA) is 60.2 Å². The molecule has 0 spiro atoms. The lowest BCUT2D eigenvalue weighted by molar-refractivity contribution is 0.248. The fraction of sp³-hybridized carbons (Fsp3) is 0.179. The maximum Gasteiger partial charge on any atom is 0.319 e. The first-order chi connectivity index (χ1) is 16.7. The van der Waals surface area contributed by atoms with Crippen molar-refractivity contribution in [1.29, 1.82) is 0 Å². The second-order valence-electron chi connectivity index (χ2n) is 8.44. The van der Waals surface area contributed by atoms with Gasteiger partial charge in [0.25, 0.3) is 0 Å². The summed E-state index contributed by atoms with van der Waals surface area (Å²) in [6.45, 7) is 5.78. The van der Waals surface area contributed by atoms with Crippen molar-refractivity contribution in [2.75, 3.05) is 22.5 Å². The van der Waals surface area contributed by atoms with E-state index in [0.29, 0.717) is 6.42 Å². The molecule has 5 rings (SSSR count). The molecule has 0 radical (unpaired) electrons. The Balaban J connectivity index is 1.34. The normalized spacial score (nSPS) is 13.8. The number of fused-ring (bicyclic) bond motifs is 2. The minimum absolute atomic E-state index is 0.164. The Labute approximate surface area is 204 Å². The lowest BCUT2D eigenvalue weighted by Crippen LogP contribution is -2.33. The zero-order valence-electron chi connectivity index (χ0n) is 19.0. The molecule has 6 heteroatoms. The van der Waals surface area contributed by atoms with E-state index in [2.05, 4.69) is 69.6 Å². The Morgan fingerprint density at radius 1 is 1.12 bits per heavy atom. The summed E-state index contributed by atoms with van der Waals surface area (Å²) in [6, 6.07) is 24.5. The van der Waals surface area contributed by atoms with Crippen molar-refractivity contribution < 1.29 is 4.79 Å². The fourth-order valence-electron chi connectivity index (χ4n) is 4.37. The molecule has 0 saturated heterocycles. The van der Waals surface area contributed by atoms with Gasteiger partial charge in [-0.05, 0) is 53.3 Å². The number of nitrogens with one attached hydrogen (secondary N) is 3. The van der Waals surface area contributed by atoms with Gasteiger partial charge in [-0.2, -0.15) is 0 Å². The Morgan fingerprint density at radius 2 is 2.00 bits per heavy atom. The van der Waals surface area contributed by atoms with Gasteiger partial charge in [-0.3, -0.25) is 0 Å². The smallest absolute Gasteiger partial charge is 0.319 e. The average molecular weight is 469 g/mol. The van der Waals surface area contributed by atoms with Gasteiger partial charge < -0.3 is 20.5 Å². The third-order valence-electron chi connectivity index (χ3n) is 6.08. The first-order valence-electron chi connectivity index (χ1n) is 11.5. The lowest BCUT2D eigenvalue weighted by atomic mass is 10.0. The van der Waals surface area contributed by atoms with Gasteiger partial charge in [0.15, 0.2) is 0 Å². The van der Waals surface area contributed by atoms with E-state index < -0.39 is 0 Å². The number of carbonyl (C=O) groups excluding carboxylic acids is 1. The van der Waals surface area contributed by atoms with Crippen LogP contribution in [0.2, 0.25) is 0 Å². The number of H-pyrrole nitrogens is 1. The van der Waals surface area contributed by atoms with Crippen LogP contribution in [0.3, 0.4) is 0 Å². The molecular formula is C28H28N4OS. The largest absolute Gasteiger partial charge is 0.365 e. The van der Waals surface area contributed by atoms with Crippen LogP contribution in [0.1, 0.15) is 23.6 Å². The van der Waals surface area contributed by atoms with Gasteiger partial charge in [-0.25, -0.2) is 4.79 Å². The quantitative estimate of drug-likeness (QED) is 0.264. The lowest BCUT2D eigenvalue weighted by Gasteiger charge is -2.32. The summed E-state index contributed by atoms with van der Waals surface area (Å²) >= 11 is 1.89. The molecular weight excluding hydrogens is 440 g/mol. The number of benzene rings is 3. The predicted molar refractivity (Wildman–Crippen MR) is 143 cm³/mol. The summed E-state index contributed by atoms with van der Waals surface area (Å²) in [6.07, 6.45) is 4.39. The third kappa shape index (κ3) is 4.97. The van der Waals surface area contributed by atoms with Crippen molar-refractivity contribution in [3.05, 3.63) is 103 Å². The molecule has 5 nitrogen and oxygen atoms in total. The number of hydrogen-bond acceptors (Lipinski definition) is 3. The number of anilines is 2. The molecule has 1 aliphatic rings. The summed E-state index contributed by atoms with van der Waals surface area (Å²) in [5.41, 5.74) is 5.34. The Kier molecular flexibility index (Phi) is 6.58. The van der Waals surface area contributed by atoms with Crippen LogP contribution >= 0.6 is 11.8 Å². The summed E-state index contributed by atoms with van der Waals surface area (Å²) < 4.78 is 0. The zero-order valence-corrected chi connectivity index (χ0v) is 19.8. The van der Waals surface area contributed by atoms with E-state index in [-0.39, 0.29) is 12.1 Å². The summed E-state index contributed by atoms with van der Waals surface area (Å²) in [5, 5.41) is 7.22. The number of rotatable bonds is 7. The Hall–Kier alpha value is -3.64. The van der Waals surface area contributed by atoms with Crippen molar-refractivity contribution in [2.24, 2.45) is 0 Å². The number of thioether (sulfide) groups is 1. The highest BCUT2D eigenvalue weighted by atomic mass is 32.2. The number of hydrogen-bond donors (Lipinski definition) is 3. The molecule has 0 saturated carbocycles. The maximum atomic E-state index is 12.9. The predicted octanol–water partition coefficient (Wildman–Crippen LogP) is 6.72. The molecule has 1 atom stereocenters. The van der Waals surface area contributed by atoms with E-state index in [1.165, 1.54) is 16.1 Å². The molecule has 0 aliphatic carbocycles. The first kappa shape index (κ1) is 22.2. The van der Waals surface area contributed by atoms with Gasteiger partial charge in [-0.1, -0.05) is 48.5 Å². The van der Waals surface area contributed by atoms with Crippen molar-refractivity contribution in [2.45, 2.75) is 23.9 Å². The summed E-state index contributed by atoms with van der Waals surface area (Å²) in [5.74, 6) is 1.07. The molecule has 1 aliphatic heterocycles. The minimum atomic E-state index is -0.231. The molecule has 3 N–H and O–H groups in total. The molecule has 1 unspecified atom stereocenters. The second-order valence-corrected chi connectivity index (χ2v) is 9.57. The highest BCUT2D eigenvalue weighted by molar-refractivity contribution is 7.99. The fourth-order valence-corrected chi connectivity index (χ4v) is 5.40. The van der Waals surface area contributed by atoms with E-state index >= 15 is 0 Å². The van der Waals surface area contributed by atoms with E-state index in [1.807, 2.05) is 54.4 Å². The van der Waals surface area contributed by atoms with Gasteiger partial charge in [-0.15, -0.1) is 18.3 Å². The molecule has 0 bridgehead atoms. The molecule has 1 aromatic heterocycles. The second kappa shape index (κ2) is 10.1. The van der Waals surface area contributed by atoms with Crippen LogP contribution < -0.4 is 15.5 Å². The first-order valence-corrected chi connectivity index (χ1v) is 12.5. The highest BCUT2D eigenvalue weighted by Gasteiger charge is 2.21. The Bertz CT molecular complexity index is 1300. The van der Waals surface area contributed by atoms with Crippen molar-refractivity contribution in [3.63, 3.8) is 0 Å². The van der Waals surface area contributed by atoms with Crippen molar-refractivity contribution in [1.82, 2.24) is 10.3 Å². The van der Waals surface area contributed by atoms with E-state index in [4.69, 9.17) is 0 Å². The third-order valence-corrected chi connectivity index (χ3v) is 7.12. The van der Waals surface area contributed by atoms with Crippen LogP contribution in [0.15, 0.2) is 96.5 Å². The van der Waals surface area contributed by atoms with Crippen molar-refractivity contribution >= 4 is 40.1 Å². The average Bonchev–Trinajstić information content (AvgIpc) is 3.32. The molecule has 2 amide bonds. The van der Waals surface area contributed by atoms with Crippen LogP contribution in [0, 0.1) is 0 Å². The summed E-state index contributed by atoms with van der Waals surface area (Å²) in [4.78, 5) is 19.8. The molecule has 4 aromatic rings. The molecule has 3 aromatic carbocycles. The Morgan fingerprint density at radius 3 is 2.85 bits per heavy atom. The van der Waals surface area contributed by atoms with E-state index in [9.17, 15) is 4.79 Å². The molecule has 0 fully saturated rings. The number of amides is 2. The summed E-state index contributed by atoms with van der Waals surface area (Å²) in [7, 11) is 0. The molecule has 172 valence electrons. The number of nitrogens with zero attached hydrogens (tertiary/aromatic N) is 1. The van der Waals surface area contributed by atoms with Crippen LogP contribution in [0.25, 0.3) is 10.9 Å². The number of carbonyl (C=O) groups is 1. The van der Waals surface area contributed by atoms with Gasteiger partial charge in [0.1, 0.15) is 0 Å². The van der Waals surface area contributed by atoms with Crippen molar-refractivity contribution in [3.8, 4) is 0 Å². The van der Waals surface area contributed by atoms with Gasteiger partial charge >= 0.3 is 6.03 Å². The van der Waals surface area contributed by atoms with E-state index in [1.54, 1.807) is 0 Å². The van der Waals surface area contributed by atoms with Gasteiger partial charge in [0.05, 0.1) is 11.7 Å². The van der Waals surface area contributed by atoms with Gasteiger partial charge in [0, 0.05) is 41.1 Å². The molecule has 34 heavy (non-hydrogen) atoms. The highest BCUT2D eigenvalue weighted by Crippen LogP contribution is 2.37.